The van der Waals surface area contributed by atoms with E-state index in [-0.39, 0.29) is 18.0 Å². The van der Waals surface area contributed by atoms with Gasteiger partial charge in [0.2, 0.25) is 0 Å². The molecule has 2 rings (SSSR count). The number of carbonyl (C=O) groups excluding carboxylic acids is 1. The zero-order valence-electron chi connectivity index (χ0n) is 11.2. The molecule has 0 saturated heterocycles. The van der Waals surface area contributed by atoms with E-state index < -0.39 is 4.92 Å². The summed E-state index contributed by atoms with van der Waals surface area (Å²) in [6.45, 7) is 0. The van der Waals surface area contributed by atoms with Crippen molar-refractivity contribution in [1.82, 2.24) is 0 Å². The third-order valence-corrected chi connectivity index (χ3v) is 2.81. The summed E-state index contributed by atoms with van der Waals surface area (Å²) in [5.41, 5.74) is 1.45. The van der Waals surface area contributed by atoms with Crippen LogP contribution in [0.4, 0.5) is 11.4 Å². The van der Waals surface area contributed by atoms with E-state index in [4.69, 9.17) is 0 Å². The van der Waals surface area contributed by atoms with E-state index in [9.17, 15) is 14.9 Å². The zero-order chi connectivity index (χ0) is 15.1. The molecule has 0 aromatic heterocycles. The molecular weight excluding hydrogens is 270 g/mol. The number of amides is 1. The van der Waals surface area contributed by atoms with E-state index >= 15 is 0 Å². The van der Waals surface area contributed by atoms with E-state index in [1.807, 2.05) is 30.3 Å². The lowest BCUT2D eigenvalue weighted by molar-refractivity contribution is -0.384. The summed E-state index contributed by atoms with van der Waals surface area (Å²) in [7, 11) is 0. The second-order valence-electron chi connectivity index (χ2n) is 4.35. The van der Waals surface area contributed by atoms with Crippen molar-refractivity contribution in [2.24, 2.45) is 10.2 Å². The van der Waals surface area contributed by atoms with Crippen LogP contribution in [0.2, 0.25) is 0 Å². The Hall–Kier alpha value is -2.89. The van der Waals surface area contributed by atoms with Crippen molar-refractivity contribution in [3.05, 3.63) is 70.3 Å². The smallest absolute Gasteiger partial charge is 0.269 e. The van der Waals surface area contributed by atoms with E-state index in [2.05, 4.69) is 10.2 Å². The Morgan fingerprint density at radius 1 is 1.05 bits per heavy atom. The number of azo groups is 1. The van der Waals surface area contributed by atoms with Crippen LogP contribution in [0.5, 0.6) is 0 Å². The molecule has 0 bridgehead atoms. The Morgan fingerprint density at radius 2 is 1.71 bits per heavy atom. The van der Waals surface area contributed by atoms with Crippen LogP contribution in [0.25, 0.3) is 0 Å². The first-order valence-electron chi connectivity index (χ1n) is 6.38. The summed E-state index contributed by atoms with van der Waals surface area (Å²) in [6.07, 6.45) is 0.888. The largest absolute Gasteiger partial charge is 0.271 e. The van der Waals surface area contributed by atoms with Gasteiger partial charge in [-0.25, -0.2) is 0 Å². The summed E-state index contributed by atoms with van der Waals surface area (Å²) in [5, 5.41) is 17.9. The summed E-state index contributed by atoms with van der Waals surface area (Å²) in [6, 6.07) is 15.2. The maximum atomic E-state index is 11.6. The number of hydrogen-bond donors (Lipinski definition) is 0. The van der Waals surface area contributed by atoms with Crippen molar-refractivity contribution in [1.29, 1.82) is 0 Å². The zero-order valence-corrected chi connectivity index (χ0v) is 11.2. The van der Waals surface area contributed by atoms with Crippen molar-refractivity contribution >= 4 is 17.3 Å². The minimum Gasteiger partial charge on any atom is -0.271 e. The first kappa shape index (κ1) is 14.5. The fourth-order valence-electron chi connectivity index (χ4n) is 1.70. The standard InChI is InChI=1S/C15H13N3O3/c19-15(11-6-12-4-2-1-3-5-12)17-16-13-7-9-14(10-8-13)18(20)21/h1-5,7-10H,6,11H2. The van der Waals surface area contributed by atoms with Gasteiger partial charge in [0.15, 0.2) is 0 Å². The Morgan fingerprint density at radius 3 is 2.33 bits per heavy atom. The van der Waals surface area contributed by atoms with E-state index in [0.29, 0.717) is 12.1 Å². The predicted octanol–water partition coefficient (Wildman–Crippen LogP) is 3.84. The molecule has 6 nitrogen and oxygen atoms in total. The quantitative estimate of drug-likeness (QED) is 0.474. The normalized spacial score (nSPS) is 10.7. The first-order valence-corrected chi connectivity index (χ1v) is 6.38. The Labute approximate surface area is 121 Å². The molecule has 0 unspecified atom stereocenters. The molecule has 21 heavy (non-hydrogen) atoms. The second-order valence-corrected chi connectivity index (χ2v) is 4.35. The number of nitrogens with zero attached hydrogens (tertiary/aromatic N) is 3. The molecular formula is C15H13N3O3. The number of hydrogen-bond acceptors (Lipinski definition) is 4. The molecule has 0 saturated carbocycles. The highest BCUT2D eigenvalue weighted by molar-refractivity contribution is 5.76. The van der Waals surface area contributed by atoms with Gasteiger partial charge in [0, 0.05) is 18.6 Å². The Kier molecular flexibility index (Phi) is 4.87. The van der Waals surface area contributed by atoms with E-state index in [1.54, 1.807) is 0 Å². The van der Waals surface area contributed by atoms with Crippen LogP contribution in [0, 0.1) is 10.1 Å². The number of aryl methyl sites for hydroxylation is 1. The van der Waals surface area contributed by atoms with Gasteiger partial charge in [-0.1, -0.05) is 30.3 Å². The fourth-order valence-corrected chi connectivity index (χ4v) is 1.70. The first-order chi connectivity index (χ1) is 10.1. The number of non-ortho nitro benzene ring substituents is 1. The lowest BCUT2D eigenvalue weighted by atomic mass is 10.1. The second kappa shape index (κ2) is 7.04. The van der Waals surface area contributed by atoms with E-state index in [1.165, 1.54) is 24.3 Å². The van der Waals surface area contributed by atoms with Crippen LogP contribution in [0.3, 0.4) is 0 Å². The molecule has 0 N–H and O–H groups in total. The predicted molar refractivity (Wildman–Crippen MR) is 77.4 cm³/mol. The van der Waals surface area contributed by atoms with Gasteiger partial charge < -0.3 is 0 Å². The number of nitro groups is 1. The topological polar surface area (TPSA) is 84.9 Å². The van der Waals surface area contributed by atoms with Gasteiger partial charge >= 0.3 is 0 Å². The number of rotatable bonds is 5. The molecule has 0 atom stereocenters. The lowest BCUT2D eigenvalue weighted by Crippen LogP contribution is -1.95. The van der Waals surface area contributed by atoms with Crippen LogP contribution in [0.1, 0.15) is 12.0 Å². The van der Waals surface area contributed by atoms with Crippen LogP contribution in [0.15, 0.2) is 64.8 Å². The minimum atomic E-state index is -0.494. The third kappa shape index (κ3) is 4.61. The van der Waals surface area contributed by atoms with Gasteiger partial charge in [-0.2, -0.15) is 0 Å². The number of benzene rings is 2. The van der Waals surface area contributed by atoms with Crippen molar-refractivity contribution < 1.29 is 9.72 Å². The molecule has 6 heteroatoms. The summed E-state index contributed by atoms with van der Waals surface area (Å²) < 4.78 is 0. The van der Waals surface area contributed by atoms with Gasteiger partial charge in [0.05, 0.1) is 10.6 Å². The lowest BCUT2D eigenvalue weighted by Gasteiger charge is -1.97. The van der Waals surface area contributed by atoms with Crippen molar-refractivity contribution in [2.45, 2.75) is 12.8 Å². The van der Waals surface area contributed by atoms with Crippen LogP contribution >= 0.6 is 0 Å². The molecule has 0 aliphatic rings. The maximum Gasteiger partial charge on any atom is 0.269 e. The van der Waals surface area contributed by atoms with Gasteiger partial charge in [0.25, 0.3) is 11.6 Å². The SMILES string of the molecule is O=C(CCc1ccccc1)N=Nc1ccc([N+](=O)[O-])cc1. The van der Waals surface area contributed by atoms with Crippen LogP contribution in [-0.2, 0) is 11.2 Å². The van der Waals surface area contributed by atoms with Crippen molar-refractivity contribution in [2.75, 3.05) is 0 Å². The van der Waals surface area contributed by atoms with Crippen LogP contribution in [-0.4, -0.2) is 10.8 Å². The molecule has 2 aromatic carbocycles. The Balaban J connectivity index is 1.88. The molecule has 0 aliphatic heterocycles. The average molecular weight is 283 g/mol. The van der Waals surface area contributed by atoms with Gasteiger partial charge in [0.1, 0.15) is 0 Å². The number of carbonyl (C=O) groups is 1. The highest BCUT2D eigenvalue weighted by Crippen LogP contribution is 2.18. The van der Waals surface area contributed by atoms with Gasteiger partial charge in [-0.15, -0.1) is 10.2 Å². The van der Waals surface area contributed by atoms with Crippen molar-refractivity contribution in [3.8, 4) is 0 Å². The van der Waals surface area contributed by atoms with Gasteiger partial charge in [-0.05, 0) is 24.1 Å². The fraction of sp³-hybridized carbons (Fsp3) is 0.133. The average Bonchev–Trinajstić information content (AvgIpc) is 2.52. The summed E-state index contributed by atoms with van der Waals surface area (Å²) >= 11 is 0. The van der Waals surface area contributed by atoms with Crippen LogP contribution < -0.4 is 0 Å². The minimum absolute atomic E-state index is 0.0237. The summed E-state index contributed by atoms with van der Waals surface area (Å²) in [5.74, 6) is -0.322. The summed E-state index contributed by atoms with van der Waals surface area (Å²) in [4.78, 5) is 21.6. The van der Waals surface area contributed by atoms with Crippen molar-refractivity contribution in [3.63, 3.8) is 0 Å². The molecule has 2 aromatic rings. The third-order valence-electron chi connectivity index (χ3n) is 2.81. The van der Waals surface area contributed by atoms with Gasteiger partial charge in [-0.3, -0.25) is 14.9 Å². The number of nitro benzene ring substituents is 1. The monoisotopic (exact) mass is 283 g/mol. The Bertz CT molecular complexity index is 652. The molecule has 0 heterocycles. The molecule has 0 fully saturated rings. The molecule has 0 aliphatic carbocycles. The molecule has 106 valence electrons. The molecule has 1 amide bonds. The molecule has 0 radical (unpaired) electrons. The molecule has 0 spiro atoms. The highest BCUT2D eigenvalue weighted by atomic mass is 16.6. The maximum absolute atomic E-state index is 11.6. The van der Waals surface area contributed by atoms with E-state index in [0.717, 1.165) is 5.56 Å². The highest BCUT2D eigenvalue weighted by Gasteiger charge is 2.04.